The van der Waals surface area contributed by atoms with Gasteiger partial charge in [0.05, 0.1) is 35.7 Å². The molecule has 0 unspecified atom stereocenters. The van der Waals surface area contributed by atoms with E-state index in [-0.39, 0.29) is 25.0 Å². The van der Waals surface area contributed by atoms with Crippen molar-refractivity contribution in [3.05, 3.63) is 89.0 Å². The van der Waals surface area contributed by atoms with E-state index in [2.05, 4.69) is 10.4 Å². The molecule has 206 valence electrons. The van der Waals surface area contributed by atoms with Gasteiger partial charge in [0, 0.05) is 5.69 Å². The molecule has 0 saturated carbocycles. The number of aryl methyl sites for hydroxylation is 1. The predicted molar refractivity (Wildman–Crippen MR) is 154 cm³/mol. The highest BCUT2D eigenvalue weighted by Gasteiger charge is 2.29. The third-order valence-electron chi connectivity index (χ3n) is 5.92. The van der Waals surface area contributed by atoms with Crippen molar-refractivity contribution >= 4 is 40.9 Å². The molecule has 2 amide bonds. The van der Waals surface area contributed by atoms with Gasteiger partial charge in [-0.25, -0.2) is 4.79 Å². The van der Waals surface area contributed by atoms with Gasteiger partial charge in [-0.1, -0.05) is 18.2 Å². The van der Waals surface area contributed by atoms with Gasteiger partial charge in [-0.2, -0.15) is 10.1 Å². The monoisotopic (exact) mass is 541 g/mol. The van der Waals surface area contributed by atoms with E-state index in [1.807, 2.05) is 38.1 Å². The van der Waals surface area contributed by atoms with Crippen molar-refractivity contribution in [3.63, 3.8) is 0 Å². The number of benzene rings is 3. The van der Waals surface area contributed by atoms with E-state index in [9.17, 15) is 14.4 Å². The summed E-state index contributed by atoms with van der Waals surface area (Å²) in [6.07, 6.45) is 1.73. The second kappa shape index (κ2) is 12.8. The van der Waals surface area contributed by atoms with Gasteiger partial charge in [-0.3, -0.25) is 9.59 Å². The number of hydrogen-bond acceptors (Lipinski definition) is 7. The number of nitrogens with zero attached hydrogens (tertiary/aromatic N) is 2. The fourth-order valence-corrected chi connectivity index (χ4v) is 4.04. The highest BCUT2D eigenvalue weighted by Crippen LogP contribution is 2.31. The standard InChI is InChI=1S/C31H31N3O6/c1-5-38-28-18-22(10-15-27(28)40-19-29(35)32-24-9-7-8-20(3)16-24)17-26-21(4)33-34(30(26)36)25-13-11-23(12-14-25)31(37)39-6-2/h7-18H,5-6,19H2,1-4H3,(H,32,35). The van der Waals surface area contributed by atoms with Crippen molar-refractivity contribution in [2.75, 3.05) is 30.1 Å². The van der Waals surface area contributed by atoms with E-state index >= 15 is 0 Å². The molecule has 9 nitrogen and oxygen atoms in total. The minimum atomic E-state index is -0.425. The Labute approximate surface area is 233 Å². The van der Waals surface area contributed by atoms with Crippen LogP contribution in [0.15, 0.2) is 77.4 Å². The lowest BCUT2D eigenvalue weighted by Gasteiger charge is -2.13. The zero-order valence-electron chi connectivity index (χ0n) is 22.9. The Kier molecular flexibility index (Phi) is 8.96. The maximum Gasteiger partial charge on any atom is 0.338 e. The number of esters is 1. The molecule has 1 aliphatic heterocycles. The van der Waals surface area contributed by atoms with Gasteiger partial charge < -0.3 is 19.5 Å². The number of carbonyl (C=O) groups is 3. The maximum atomic E-state index is 13.2. The normalized spacial score (nSPS) is 13.7. The maximum absolute atomic E-state index is 13.2. The first kappa shape index (κ1) is 28.1. The summed E-state index contributed by atoms with van der Waals surface area (Å²) in [4.78, 5) is 37.5. The predicted octanol–water partition coefficient (Wildman–Crippen LogP) is 5.39. The van der Waals surface area contributed by atoms with Crippen LogP contribution in [-0.4, -0.2) is 43.3 Å². The second-order valence-corrected chi connectivity index (χ2v) is 8.97. The molecule has 0 atom stereocenters. The first-order valence-electron chi connectivity index (χ1n) is 12.9. The zero-order valence-corrected chi connectivity index (χ0v) is 22.9. The topological polar surface area (TPSA) is 107 Å². The first-order valence-corrected chi connectivity index (χ1v) is 12.9. The Balaban J connectivity index is 1.47. The number of ether oxygens (including phenoxy) is 3. The molecule has 0 fully saturated rings. The highest BCUT2D eigenvalue weighted by atomic mass is 16.5. The number of hydrogen-bond donors (Lipinski definition) is 1. The van der Waals surface area contributed by atoms with Crippen LogP contribution < -0.4 is 19.8 Å². The Morgan fingerprint density at radius 1 is 0.925 bits per heavy atom. The van der Waals surface area contributed by atoms with Gasteiger partial charge in [0.25, 0.3) is 11.8 Å². The van der Waals surface area contributed by atoms with Crippen molar-refractivity contribution in [1.29, 1.82) is 0 Å². The van der Waals surface area contributed by atoms with Crippen molar-refractivity contribution in [2.45, 2.75) is 27.7 Å². The van der Waals surface area contributed by atoms with Crippen LogP contribution in [0.3, 0.4) is 0 Å². The first-order chi connectivity index (χ1) is 19.3. The minimum Gasteiger partial charge on any atom is -0.490 e. The molecule has 40 heavy (non-hydrogen) atoms. The smallest absolute Gasteiger partial charge is 0.338 e. The Bertz CT molecular complexity index is 1480. The van der Waals surface area contributed by atoms with Gasteiger partial charge in [0.1, 0.15) is 0 Å². The Morgan fingerprint density at radius 2 is 1.70 bits per heavy atom. The lowest BCUT2D eigenvalue weighted by molar-refractivity contribution is -0.118. The summed E-state index contributed by atoms with van der Waals surface area (Å²) in [6.45, 7) is 7.77. The van der Waals surface area contributed by atoms with Crippen molar-refractivity contribution in [2.24, 2.45) is 5.10 Å². The van der Waals surface area contributed by atoms with Gasteiger partial charge in [0.2, 0.25) is 0 Å². The van der Waals surface area contributed by atoms with Crippen LogP contribution in [0.25, 0.3) is 6.08 Å². The molecule has 0 radical (unpaired) electrons. The molecule has 4 rings (SSSR count). The molecule has 0 aromatic heterocycles. The molecule has 9 heteroatoms. The SMILES string of the molecule is CCOC(=O)c1ccc(N2N=C(C)C(=Cc3ccc(OCC(=O)Nc4cccc(C)c4)c(OCC)c3)C2=O)cc1. The molecule has 1 heterocycles. The molecule has 0 saturated heterocycles. The molecule has 0 spiro atoms. The van der Waals surface area contributed by atoms with Crippen LogP contribution in [0.2, 0.25) is 0 Å². The number of amides is 2. The van der Waals surface area contributed by atoms with Crippen LogP contribution in [0.4, 0.5) is 11.4 Å². The fourth-order valence-electron chi connectivity index (χ4n) is 4.04. The summed E-state index contributed by atoms with van der Waals surface area (Å²) < 4.78 is 16.5. The van der Waals surface area contributed by atoms with Gasteiger partial charge >= 0.3 is 5.97 Å². The van der Waals surface area contributed by atoms with E-state index in [4.69, 9.17) is 14.2 Å². The largest absolute Gasteiger partial charge is 0.490 e. The zero-order chi connectivity index (χ0) is 28.6. The molecule has 1 N–H and O–H groups in total. The molecule has 0 aliphatic carbocycles. The van der Waals surface area contributed by atoms with E-state index in [1.165, 1.54) is 5.01 Å². The van der Waals surface area contributed by atoms with Crippen LogP contribution >= 0.6 is 0 Å². The summed E-state index contributed by atoms with van der Waals surface area (Å²) in [5.41, 5.74) is 4.34. The number of hydrazone groups is 1. The van der Waals surface area contributed by atoms with Crippen molar-refractivity contribution < 1.29 is 28.6 Å². The second-order valence-electron chi connectivity index (χ2n) is 8.97. The average Bonchev–Trinajstić information content (AvgIpc) is 3.21. The molecule has 0 bridgehead atoms. The molecule has 3 aromatic rings. The summed E-state index contributed by atoms with van der Waals surface area (Å²) in [7, 11) is 0. The lowest BCUT2D eigenvalue weighted by atomic mass is 10.1. The lowest BCUT2D eigenvalue weighted by Crippen LogP contribution is -2.21. The van der Waals surface area contributed by atoms with Crippen molar-refractivity contribution in [1.82, 2.24) is 0 Å². The third-order valence-corrected chi connectivity index (χ3v) is 5.92. The number of carbonyl (C=O) groups excluding carboxylic acids is 3. The Morgan fingerprint density at radius 3 is 2.40 bits per heavy atom. The summed E-state index contributed by atoms with van der Waals surface area (Å²) in [5, 5.41) is 8.52. The minimum absolute atomic E-state index is 0.192. The molecular weight excluding hydrogens is 510 g/mol. The summed E-state index contributed by atoms with van der Waals surface area (Å²) >= 11 is 0. The van der Waals surface area contributed by atoms with Crippen LogP contribution in [-0.2, 0) is 14.3 Å². The average molecular weight is 542 g/mol. The van der Waals surface area contributed by atoms with E-state index in [1.54, 1.807) is 62.4 Å². The van der Waals surface area contributed by atoms with Gasteiger partial charge in [-0.15, -0.1) is 0 Å². The van der Waals surface area contributed by atoms with E-state index in [0.717, 1.165) is 5.56 Å². The third kappa shape index (κ3) is 6.74. The van der Waals surface area contributed by atoms with Gasteiger partial charge in [-0.05, 0) is 93.4 Å². The molecule has 1 aliphatic rings. The van der Waals surface area contributed by atoms with Gasteiger partial charge in [0.15, 0.2) is 18.1 Å². The highest BCUT2D eigenvalue weighted by molar-refractivity contribution is 6.32. The quantitative estimate of drug-likeness (QED) is 0.272. The Hall–Kier alpha value is -4.92. The molecular formula is C31H31N3O6. The van der Waals surface area contributed by atoms with Crippen LogP contribution in [0.1, 0.15) is 42.3 Å². The van der Waals surface area contributed by atoms with Crippen molar-refractivity contribution in [3.8, 4) is 11.5 Å². The number of nitrogens with one attached hydrogen (secondary N) is 1. The van der Waals surface area contributed by atoms with Crippen LogP contribution in [0, 0.1) is 6.92 Å². The van der Waals surface area contributed by atoms with E-state index in [0.29, 0.717) is 51.9 Å². The van der Waals surface area contributed by atoms with E-state index < -0.39 is 5.97 Å². The number of rotatable bonds is 10. The summed E-state index contributed by atoms with van der Waals surface area (Å²) in [6, 6.07) is 19.2. The molecule has 3 aromatic carbocycles. The number of anilines is 2. The summed E-state index contributed by atoms with van der Waals surface area (Å²) in [5.74, 6) is -0.154. The fraction of sp³-hybridized carbons (Fsp3) is 0.226. The van der Waals surface area contributed by atoms with Crippen LogP contribution in [0.5, 0.6) is 11.5 Å².